The zero-order chi connectivity index (χ0) is 16.2. The van der Waals surface area contributed by atoms with Gasteiger partial charge in [0.15, 0.2) is 0 Å². The van der Waals surface area contributed by atoms with Crippen LogP contribution in [0.15, 0.2) is 22.3 Å². The van der Waals surface area contributed by atoms with Crippen LogP contribution in [-0.2, 0) is 0 Å². The van der Waals surface area contributed by atoms with E-state index < -0.39 is 8.80 Å². The van der Waals surface area contributed by atoms with Gasteiger partial charge in [0, 0.05) is 0 Å². The van der Waals surface area contributed by atoms with E-state index in [1.807, 2.05) is 0 Å². The second-order valence-electron chi connectivity index (χ2n) is 7.12. The van der Waals surface area contributed by atoms with Crippen LogP contribution in [0.1, 0.15) is 67.2 Å². The molecule has 0 saturated carbocycles. The van der Waals surface area contributed by atoms with Crippen LogP contribution in [0.2, 0.25) is 13.1 Å². The van der Waals surface area contributed by atoms with Crippen LogP contribution in [0, 0.1) is 0 Å². The lowest BCUT2D eigenvalue weighted by Gasteiger charge is -2.47. The number of unbranched alkanes of at least 4 members (excludes halogenated alkanes) is 2. The highest BCUT2D eigenvalue weighted by Crippen LogP contribution is 2.45. The van der Waals surface area contributed by atoms with Gasteiger partial charge in [-0.3, -0.25) is 4.90 Å². The van der Waals surface area contributed by atoms with Crippen molar-refractivity contribution in [3.05, 3.63) is 22.3 Å². The summed E-state index contributed by atoms with van der Waals surface area (Å²) < 4.78 is 0. The summed E-state index contributed by atoms with van der Waals surface area (Å²) in [6.45, 7) is 21.7. The molecule has 0 amide bonds. The molecule has 1 aliphatic carbocycles. The second-order valence-corrected chi connectivity index (χ2v) is 10.3. The molecular formula is C19H37NSi. The fourth-order valence-corrected chi connectivity index (χ4v) is 7.44. The molecule has 0 aliphatic heterocycles. The van der Waals surface area contributed by atoms with Gasteiger partial charge in [0.2, 0.25) is 0 Å². The third kappa shape index (κ3) is 3.22. The summed E-state index contributed by atoms with van der Waals surface area (Å²) in [6, 6.07) is 0. The maximum absolute atomic E-state index is 2.86. The molecule has 0 saturated heterocycles. The molecule has 1 rings (SSSR count). The fraction of sp³-hybridized carbons (Fsp3) is 0.789. The van der Waals surface area contributed by atoms with Gasteiger partial charge in [0.05, 0.1) is 14.0 Å². The minimum Gasteiger partial charge on any atom is -0.293 e. The molecule has 0 spiro atoms. The largest absolute Gasteiger partial charge is 0.293 e. The Morgan fingerprint density at radius 1 is 0.810 bits per heavy atom. The molecular weight excluding hydrogens is 270 g/mol. The average Bonchev–Trinajstić information content (AvgIpc) is 2.62. The highest BCUT2D eigenvalue weighted by atomic mass is 28.3. The van der Waals surface area contributed by atoms with Crippen LogP contribution < -0.4 is 0 Å². The molecule has 0 bridgehead atoms. The first-order chi connectivity index (χ1) is 9.85. The summed E-state index contributed by atoms with van der Waals surface area (Å²) >= 11 is 0. The van der Waals surface area contributed by atoms with Crippen LogP contribution in [0.25, 0.3) is 0 Å². The topological polar surface area (TPSA) is 3.24 Å². The van der Waals surface area contributed by atoms with Crippen LogP contribution >= 0.6 is 0 Å². The zero-order valence-corrected chi connectivity index (χ0v) is 16.9. The highest BCUT2D eigenvalue weighted by molar-refractivity contribution is 6.61. The van der Waals surface area contributed by atoms with Gasteiger partial charge in [-0.1, -0.05) is 39.8 Å². The molecule has 2 heteroatoms. The van der Waals surface area contributed by atoms with E-state index in [1.165, 1.54) is 38.8 Å². The Balaban J connectivity index is 3.30. The summed E-state index contributed by atoms with van der Waals surface area (Å²) in [4.78, 5) is 2.86. The van der Waals surface area contributed by atoms with Gasteiger partial charge in [0.25, 0.3) is 0 Å². The third-order valence-electron chi connectivity index (χ3n) is 5.73. The number of hydrogen-bond donors (Lipinski definition) is 0. The Morgan fingerprint density at radius 2 is 1.19 bits per heavy atom. The summed E-state index contributed by atoms with van der Waals surface area (Å²) in [5.74, 6) is 0. The molecule has 0 aromatic carbocycles. The lowest BCUT2D eigenvalue weighted by Crippen LogP contribution is -2.58. The van der Waals surface area contributed by atoms with Crippen LogP contribution in [-0.4, -0.2) is 31.9 Å². The van der Waals surface area contributed by atoms with Gasteiger partial charge < -0.3 is 0 Å². The second kappa shape index (κ2) is 7.78. The van der Waals surface area contributed by atoms with E-state index in [-0.39, 0.29) is 0 Å². The zero-order valence-electron chi connectivity index (χ0n) is 15.8. The van der Waals surface area contributed by atoms with E-state index in [1.54, 1.807) is 22.3 Å². The third-order valence-corrected chi connectivity index (χ3v) is 8.63. The molecule has 0 heterocycles. The molecule has 0 radical (unpaired) electrons. The van der Waals surface area contributed by atoms with Crippen molar-refractivity contribution in [2.24, 2.45) is 0 Å². The van der Waals surface area contributed by atoms with E-state index in [0.29, 0.717) is 5.16 Å². The highest BCUT2D eigenvalue weighted by Gasteiger charge is 2.47. The maximum atomic E-state index is 2.86. The van der Waals surface area contributed by atoms with E-state index >= 15 is 0 Å². The van der Waals surface area contributed by atoms with Gasteiger partial charge in [-0.25, -0.2) is 0 Å². The lowest BCUT2D eigenvalue weighted by molar-refractivity contribution is 0.203. The monoisotopic (exact) mass is 307 g/mol. The first-order valence-corrected chi connectivity index (χ1v) is 11.9. The van der Waals surface area contributed by atoms with Gasteiger partial charge >= 0.3 is 0 Å². The molecule has 0 aromatic heterocycles. The summed E-state index contributed by atoms with van der Waals surface area (Å²) in [6.07, 6.45) is 5.24. The smallest absolute Gasteiger partial charge is 0.0654 e. The standard InChI is InChI=1S/C19H37NSi/c1-9-11-13-20(14-12-10-2)19(21(7)8)17(5)15(3)16(4)18(19)6/h21H,9-14H2,1-8H3. The molecule has 0 unspecified atom stereocenters. The Morgan fingerprint density at radius 3 is 1.48 bits per heavy atom. The SMILES string of the molecule is CCCCN(CCCC)C1([SiH](C)C)C(C)=C(C)C(C)=C1C. The van der Waals surface area contributed by atoms with Crippen LogP contribution in [0.4, 0.5) is 0 Å². The van der Waals surface area contributed by atoms with Crippen molar-refractivity contribution in [3.8, 4) is 0 Å². The Bertz CT molecular complexity index is 385. The molecule has 1 aliphatic rings. The molecule has 122 valence electrons. The molecule has 21 heavy (non-hydrogen) atoms. The van der Waals surface area contributed by atoms with Crippen molar-refractivity contribution in [2.75, 3.05) is 13.1 Å². The van der Waals surface area contributed by atoms with Crippen molar-refractivity contribution < 1.29 is 0 Å². The van der Waals surface area contributed by atoms with Crippen molar-refractivity contribution in [2.45, 2.75) is 85.5 Å². The predicted octanol–water partition coefficient (Wildman–Crippen LogP) is 5.34. The van der Waals surface area contributed by atoms with Crippen molar-refractivity contribution >= 4 is 8.80 Å². The Labute approximate surface area is 135 Å². The van der Waals surface area contributed by atoms with Gasteiger partial charge in [-0.05, 0) is 75.9 Å². The van der Waals surface area contributed by atoms with Gasteiger partial charge in [-0.2, -0.15) is 0 Å². The molecule has 1 nitrogen and oxygen atoms in total. The fourth-order valence-electron chi connectivity index (χ4n) is 4.28. The van der Waals surface area contributed by atoms with Gasteiger partial charge in [0.1, 0.15) is 0 Å². The first-order valence-electron chi connectivity index (χ1n) is 8.96. The molecule has 0 aromatic rings. The van der Waals surface area contributed by atoms with Crippen LogP contribution in [0.3, 0.4) is 0 Å². The van der Waals surface area contributed by atoms with Crippen molar-refractivity contribution in [1.29, 1.82) is 0 Å². The first kappa shape index (κ1) is 18.7. The van der Waals surface area contributed by atoms with Crippen molar-refractivity contribution in [3.63, 3.8) is 0 Å². The molecule has 0 N–H and O–H groups in total. The maximum Gasteiger partial charge on any atom is 0.0654 e. The number of allylic oxidation sites excluding steroid dienone is 2. The summed E-state index contributed by atoms with van der Waals surface area (Å²) in [5, 5.41) is 0.304. The van der Waals surface area contributed by atoms with Crippen LogP contribution in [0.5, 0.6) is 0 Å². The Hall–Kier alpha value is -0.343. The van der Waals surface area contributed by atoms with Crippen molar-refractivity contribution in [1.82, 2.24) is 4.90 Å². The average molecular weight is 308 g/mol. The summed E-state index contributed by atoms with van der Waals surface area (Å²) in [7, 11) is -0.884. The minimum absolute atomic E-state index is 0.304. The minimum atomic E-state index is -0.884. The lowest BCUT2D eigenvalue weighted by atomic mass is 10.0. The normalized spacial score (nSPS) is 18.6. The molecule has 0 atom stereocenters. The quantitative estimate of drug-likeness (QED) is 0.547. The van der Waals surface area contributed by atoms with E-state index in [0.717, 1.165) is 0 Å². The number of rotatable bonds is 8. The predicted molar refractivity (Wildman–Crippen MR) is 99.7 cm³/mol. The number of hydrogen-bond acceptors (Lipinski definition) is 1. The Kier molecular flexibility index (Phi) is 6.93. The number of nitrogens with zero attached hydrogens (tertiary/aromatic N) is 1. The van der Waals surface area contributed by atoms with E-state index in [4.69, 9.17) is 0 Å². The van der Waals surface area contributed by atoms with E-state index in [2.05, 4.69) is 59.5 Å². The van der Waals surface area contributed by atoms with Gasteiger partial charge in [-0.15, -0.1) is 0 Å². The summed E-state index contributed by atoms with van der Waals surface area (Å²) in [5.41, 5.74) is 6.44. The molecule has 0 fully saturated rings. The van der Waals surface area contributed by atoms with E-state index in [9.17, 15) is 0 Å².